The molecule has 0 bridgehead atoms. The first-order chi connectivity index (χ1) is 11.1. The fraction of sp³-hybridized carbons (Fsp3) is 0.529. The SMILES string of the molecule is COC(=O)N1CCC2(CCCN(C(N)=O)c3ccccc32)CC1. The van der Waals surface area contributed by atoms with Gasteiger partial charge < -0.3 is 15.4 Å². The molecule has 6 nitrogen and oxygen atoms in total. The lowest BCUT2D eigenvalue weighted by Crippen LogP contribution is -2.45. The van der Waals surface area contributed by atoms with Gasteiger partial charge in [-0.25, -0.2) is 9.59 Å². The zero-order valence-corrected chi connectivity index (χ0v) is 13.5. The van der Waals surface area contributed by atoms with Crippen LogP contribution < -0.4 is 10.6 Å². The average Bonchev–Trinajstić information content (AvgIpc) is 2.73. The van der Waals surface area contributed by atoms with Crippen molar-refractivity contribution in [2.75, 3.05) is 31.6 Å². The van der Waals surface area contributed by atoms with E-state index in [4.69, 9.17) is 10.5 Å². The van der Waals surface area contributed by atoms with Gasteiger partial charge in [0.1, 0.15) is 0 Å². The van der Waals surface area contributed by atoms with Crippen LogP contribution in [0.5, 0.6) is 0 Å². The highest BCUT2D eigenvalue weighted by molar-refractivity contribution is 5.92. The van der Waals surface area contributed by atoms with Crippen molar-refractivity contribution in [2.24, 2.45) is 5.73 Å². The predicted octanol–water partition coefficient (Wildman–Crippen LogP) is 2.47. The Bertz CT molecular complexity index is 609. The summed E-state index contributed by atoms with van der Waals surface area (Å²) in [5.74, 6) is 0. The van der Waals surface area contributed by atoms with Crippen molar-refractivity contribution in [2.45, 2.75) is 31.1 Å². The number of benzene rings is 1. The third-order valence-corrected chi connectivity index (χ3v) is 5.22. The molecule has 0 aromatic heterocycles. The van der Waals surface area contributed by atoms with E-state index in [0.29, 0.717) is 19.6 Å². The zero-order chi connectivity index (χ0) is 16.4. The van der Waals surface area contributed by atoms with Crippen LogP contribution in [-0.2, 0) is 10.2 Å². The molecular formula is C17H23N3O3. The van der Waals surface area contributed by atoms with Crippen molar-refractivity contribution in [3.8, 4) is 0 Å². The minimum absolute atomic E-state index is 0.00527. The number of primary amides is 1. The topological polar surface area (TPSA) is 75.9 Å². The van der Waals surface area contributed by atoms with Gasteiger partial charge >= 0.3 is 12.1 Å². The van der Waals surface area contributed by atoms with E-state index in [1.54, 1.807) is 9.80 Å². The molecule has 2 aliphatic rings. The van der Waals surface area contributed by atoms with Crippen LogP contribution in [-0.4, -0.2) is 43.8 Å². The van der Waals surface area contributed by atoms with E-state index >= 15 is 0 Å². The summed E-state index contributed by atoms with van der Waals surface area (Å²) in [4.78, 5) is 27.0. The second kappa shape index (κ2) is 6.10. The molecule has 1 aromatic rings. The van der Waals surface area contributed by atoms with E-state index in [1.165, 1.54) is 12.7 Å². The third kappa shape index (κ3) is 2.73. The van der Waals surface area contributed by atoms with Crippen molar-refractivity contribution in [3.05, 3.63) is 29.8 Å². The molecule has 0 atom stereocenters. The summed E-state index contributed by atoms with van der Waals surface area (Å²) in [6, 6.07) is 7.63. The fourth-order valence-electron chi connectivity index (χ4n) is 3.98. The van der Waals surface area contributed by atoms with Crippen LogP contribution >= 0.6 is 0 Å². The van der Waals surface area contributed by atoms with Crippen LogP contribution in [0.4, 0.5) is 15.3 Å². The Kier molecular flexibility index (Phi) is 4.15. The van der Waals surface area contributed by atoms with Gasteiger partial charge in [-0.15, -0.1) is 0 Å². The van der Waals surface area contributed by atoms with Gasteiger partial charge in [-0.05, 0) is 37.3 Å². The number of carbonyl (C=O) groups is 2. The minimum Gasteiger partial charge on any atom is -0.453 e. The first-order valence-electron chi connectivity index (χ1n) is 8.07. The fourth-order valence-corrected chi connectivity index (χ4v) is 3.98. The second-order valence-electron chi connectivity index (χ2n) is 6.35. The lowest BCUT2D eigenvalue weighted by molar-refractivity contribution is 0.0973. The van der Waals surface area contributed by atoms with Crippen LogP contribution in [0.25, 0.3) is 0 Å². The number of likely N-dealkylation sites (tertiary alicyclic amines) is 1. The molecule has 2 N–H and O–H groups in total. The van der Waals surface area contributed by atoms with Gasteiger partial charge in [0.15, 0.2) is 0 Å². The van der Waals surface area contributed by atoms with Gasteiger partial charge in [0.25, 0.3) is 0 Å². The van der Waals surface area contributed by atoms with E-state index in [0.717, 1.165) is 31.4 Å². The number of ether oxygens (including phenoxy) is 1. The maximum atomic E-state index is 11.8. The number of para-hydroxylation sites is 1. The highest BCUT2D eigenvalue weighted by Crippen LogP contribution is 2.45. The molecule has 0 saturated carbocycles. The Morgan fingerprint density at radius 1 is 1.13 bits per heavy atom. The lowest BCUT2D eigenvalue weighted by Gasteiger charge is -2.42. The van der Waals surface area contributed by atoms with Gasteiger partial charge in [-0.2, -0.15) is 0 Å². The molecule has 1 fully saturated rings. The van der Waals surface area contributed by atoms with E-state index in [2.05, 4.69) is 6.07 Å². The molecule has 124 valence electrons. The van der Waals surface area contributed by atoms with Gasteiger partial charge in [-0.1, -0.05) is 18.2 Å². The third-order valence-electron chi connectivity index (χ3n) is 5.22. The number of methoxy groups -OCH3 is 1. The first kappa shape index (κ1) is 15.6. The number of carbonyl (C=O) groups excluding carboxylic acids is 2. The molecule has 3 rings (SSSR count). The van der Waals surface area contributed by atoms with Gasteiger partial charge in [0, 0.05) is 30.7 Å². The monoisotopic (exact) mass is 317 g/mol. The van der Waals surface area contributed by atoms with Crippen molar-refractivity contribution >= 4 is 17.8 Å². The number of piperidine rings is 1. The quantitative estimate of drug-likeness (QED) is 0.798. The first-order valence-corrected chi connectivity index (χ1v) is 8.07. The standard InChI is InChI=1S/C17H23N3O3/c1-23-16(22)19-11-8-17(9-12-19)7-4-10-20(15(18)21)14-6-3-2-5-13(14)17/h2-3,5-6H,4,7-12H2,1H3,(H2,18,21). The van der Waals surface area contributed by atoms with Crippen molar-refractivity contribution in [3.63, 3.8) is 0 Å². The summed E-state index contributed by atoms with van der Waals surface area (Å²) in [5.41, 5.74) is 7.67. The van der Waals surface area contributed by atoms with Crippen molar-refractivity contribution < 1.29 is 14.3 Å². The molecule has 2 aliphatic heterocycles. The van der Waals surface area contributed by atoms with E-state index in [1.807, 2.05) is 18.2 Å². The van der Waals surface area contributed by atoms with Crippen molar-refractivity contribution in [1.82, 2.24) is 4.90 Å². The summed E-state index contributed by atoms with van der Waals surface area (Å²) in [7, 11) is 1.42. The Morgan fingerprint density at radius 3 is 2.48 bits per heavy atom. The van der Waals surface area contributed by atoms with Crippen LogP contribution in [0.2, 0.25) is 0 Å². The summed E-state index contributed by atoms with van der Waals surface area (Å²) < 4.78 is 4.83. The number of amides is 3. The molecule has 6 heteroatoms. The summed E-state index contributed by atoms with van der Waals surface area (Å²) in [6.45, 7) is 2.00. The molecule has 1 saturated heterocycles. The van der Waals surface area contributed by atoms with Crippen LogP contribution in [0.1, 0.15) is 31.2 Å². The molecule has 3 amide bonds. The molecule has 0 aliphatic carbocycles. The zero-order valence-electron chi connectivity index (χ0n) is 13.5. The lowest BCUT2D eigenvalue weighted by atomic mass is 9.70. The number of hydrogen-bond donors (Lipinski definition) is 1. The molecule has 1 spiro atoms. The Hall–Kier alpha value is -2.24. The number of urea groups is 1. The normalized spacial score (nSPS) is 19.9. The molecule has 1 aromatic carbocycles. The maximum Gasteiger partial charge on any atom is 0.409 e. The molecule has 0 unspecified atom stereocenters. The summed E-state index contributed by atoms with van der Waals surface area (Å²) in [5, 5.41) is 0. The van der Waals surface area contributed by atoms with Crippen molar-refractivity contribution in [1.29, 1.82) is 0 Å². The number of nitrogens with zero attached hydrogens (tertiary/aromatic N) is 2. The second-order valence-corrected chi connectivity index (χ2v) is 6.35. The van der Waals surface area contributed by atoms with Gasteiger partial charge in [0.2, 0.25) is 0 Å². The molecule has 23 heavy (non-hydrogen) atoms. The van der Waals surface area contributed by atoms with Gasteiger partial charge in [-0.3, -0.25) is 4.90 Å². The Balaban J connectivity index is 1.92. The average molecular weight is 317 g/mol. The Morgan fingerprint density at radius 2 is 1.83 bits per heavy atom. The van der Waals surface area contributed by atoms with E-state index < -0.39 is 6.03 Å². The van der Waals surface area contributed by atoms with Crippen LogP contribution in [0.15, 0.2) is 24.3 Å². The number of hydrogen-bond acceptors (Lipinski definition) is 3. The minimum atomic E-state index is -0.401. The van der Waals surface area contributed by atoms with E-state index in [9.17, 15) is 9.59 Å². The smallest absolute Gasteiger partial charge is 0.409 e. The number of rotatable bonds is 0. The highest BCUT2D eigenvalue weighted by Gasteiger charge is 2.41. The number of anilines is 1. The number of fused-ring (bicyclic) bond motifs is 2. The molecular weight excluding hydrogens is 294 g/mol. The van der Waals surface area contributed by atoms with E-state index in [-0.39, 0.29) is 11.5 Å². The largest absolute Gasteiger partial charge is 0.453 e. The van der Waals surface area contributed by atoms with Gasteiger partial charge in [0.05, 0.1) is 7.11 Å². The summed E-state index contributed by atoms with van der Waals surface area (Å²) >= 11 is 0. The predicted molar refractivity (Wildman–Crippen MR) is 87.5 cm³/mol. The maximum absolute atomic E-state index is 11.8. The Labute approximate surface area is 136 Å². The molecule has 0 radical (unpaired) electrons. The highest BCUT2D eigenvalue weighted by atomic mass is 16.5. The summed E-state index contributed by atoms with van der Waals surface area (Å²) in [6.07, 6.45) is 3.41. The molecule has 2 heterocycles. The van der Waals surface area contributed by atoms with Crippen LogP contribution in [0, 0.1) is 0 Å². The number of nitrogens with two attached hydrogens (primary N) is 1. The van der Waals surface area contributed by atoms with Crippen LogP contribution in [0.3, 0.4) is 0 Å².